The van der Waals surface area contributed by atoms with E-state index < -0.39 is 16.1 Å². The van der Waals surface area contributed by atoms with Gasteiger partial charge in [-0.15, -0.1) is 0 Å². The predicted octanol–water partition coefficient (Wildman–Crippen LogP) is 3.78. The molecule has 0 aliphatic carbocycles. The molecule has 1 atom stereocenters. The highest BCUT2D eigenvalue weighted by Gasteiger charge is 2.26. The molecule has 0 bridgehead atoms. The largest absolute Gasteiger partial charge is 0.480 e. The number of para-hydroxylation sites is 1. The van der Waals surface area contributed by atoms with E-state index in [-0.39, 0.29) is 10.8 Å². The maximum absolute atomic E-state index is 12.9. The van der Waals surface area contributed by atoms with E-state index in [1.54, 1.807) is 19.1 Å². The average Bonchev–Trinajstić information content (AvgIpc) is 2.85. The van der Waals surface area contributed by atoms with Gasteiger partial charge in [0.15, 0.2) is 6.10 Å². The lowest BCUT2D eigenvalue weighted by molar-refractivity contribution is -0.122. The van der Waals surface area contributed by atoms with Crippen molar-refractivity contribution in [2.45, 2.75) is 17.9 Å². The normalized spacial score (nSPS) is 15.5. The highest BCUT2D eigenvalue weighted by molar-refractivity contribution is 7.89. The van der Waals surface area contributed by atoms with Crippen LogP contribution in [0.25, 0.3) is 11.1 Å². The molecule has 0 aromatic heterocycles. The number of carbonyl (C=O) groups is 1. The van der Waals surface area contributed by atoms with E-state index in [4.69, 9.17) is 9.47 Å². The second-order valence-corrected chi connectivity index (χ2v) is 9.59. The van der Waals surface area contributed by atoms with Gasteiger partial charge in [0.25, 0.3) is 5.91 Å². The van der Waals surface area contributed by atoms with Crippen molar-refractivity contribution in [1.82, 2.24) is 4.31 Å². The first-order valence-electron chi connectivity index (χ1n) is 10.7. The highest BCUT2D eigenvalue weighted by Crippen LogP contribution is 2.30. The van der Waals surface area contributed by atoms with E-state index in [2.05, 4.69) is 5.32 Å². The Hall–Kier alpha value is -3.20. The molecular formula is C25H26N2O5S. The van der Waals surface area contributed by atoms with E-state index in [9.17, 15) is 13.2 Å². The number of hydrogen-bond donors (Lipinski definition) is 1. The fourth-order valence-corrected chi connectivity index (χ4v) is 5.04. The summed E-state index contributed by atoms with van der Waals surface area (Å²) in [5.74, 6) is 0.216. The zero-order valence-electron chi connectivity index (χ0n) is 18.3. The molecule has 1 aliphatic heterocycles. The Kier molecular flexibility index (Phi) is 7.08. The van der Waals surface area contributed by atoms with Crippen molar-refractivity contribution in [3.05, 3.63) is 78.9 Å². The molecule has 1 amide bonds. The molecule has 1 heterocycles. The van der Waals surface area contributed by atoms with Crippen molar-refractivity contribution in [3.8, 4) is 16.9 Å². The van der Waals surface area contributed by atoms with Crippen LogP contribution in [0.5, 0.6) is 5.75 Å². The molecule has 1 saturated heterocycles. The molecule has 172 valence electrons. The molecule has 1 fully saturated rings. The number of morpholine rings is 1. The number of nitrogens with one attached hydrogen (secondary N) is 1. The Morgan fingerprint density at radius 2 is 1.67 bits per heavy atom. The predicted molar refractivity (Wildman–Crippen MR) is 127 cm³/mol. The van der Waals surface area contributed by atoms with Crippen LogP contribution < -0.4 is 10.1 Å². The monoisotopic (exact) mass is 466 g/mol. The third-order valence-electron chi connectivity index (χ3n) is 5.35. The lowest BCUT2D eigenvalue weighted by Gasteiger charge is -2.26. The summed E-state index contributed by atoms with van der Waals surface area (Å²) in [4.78, 5) is 12.9. The lowest BCUT2D eigenvalue weighted by atomic mass is 10.0. The molecule has 4 rings (SSSR count). The van der Waals surface area contributed by atoms with Crippen LogP contribution in [0.1, 0.15) is 6.92 Å². The topological polar surface area (TPSA) is 84.9 Å². The van der Waals surface area contributed by atoms with Crippen molar-refractivity contribution in [1.29, 1.82) is 0 Å². The summed E-state index contributed by atoms with van der Waals surface area (Å²) >= 11 is 0. The molecule has 1 unspecified atom stereocenters. The van der Waals surface area contributed by atoms with Crippen LogP contribution in [0.15, 0.2) is 83.8 Å². The first-order valence-corrected chi connectivity index (χ1v) is 12.2. The third-order valence-corrected chi connectivity index (χ3v) is 7.25. The molecule has 3 aromatic carbocycles. The minimum absolute atomic E-state index is 0.130. The Balaban J connectivity index is 1.47. The Bertz CT molecular complexity index is 1210. The van der Waals surface area contributed by atoms with E-state index in [1.165, 1.54) is 16.4 Å². The fourth-order valence-electron chi connectivity index (χ4n) is 3.58. The minimum atomic E-state index is -3.65. The second-order valence-electron chi connectivity index (χ2n) is 7.66. The zero-order chi connectivity index (χ0) is 23.3. The van der Waals surface area contributed by atoms with Gasteiger partial charge in [0.05, 0.1) is 18.1 Å². The van der Waals surface area contributed by atoms with E-state index >= 15 is 0 Å². The summed E-state index contributed by atoms with van der Waals surface area (Å²) in [7, 11) is -3.65. The lowest BCUT2D eigenvalue weighted by Crippen LogP contribution is -2.40. The number of anilines is 1. The minimum Gasteiger partial charge on any atom is -0.480 e. The molecular weight excluding hydrogens is 440 g/mol. The Morgan fingerprint density at radius 1 is 0.970 bits per heavy atom. The molecule has 8 heteroatoms. The van der Waals surface area contributed by atoms with E-state index in [1.807, 2.05) is 54.6 Å². The zero-order valence-corrected chi connectivity index (χ0v) is 19.1. The first-order chi connectivity index (χ1) is 15.9. The van der Waals surface area contributed by atoms with Crippen LogP contribution in [0.4, 0.5) is 5.69 Å². The van der Waals surface area contributed by atoms with Gasteiger partial charge in [-0.25, -0.2) is 8.42 Å². The van der Waals surface area contributed by atoms with Crippen LogP contribution in [-0.2, 0) is 19.6 Å². The number of sulfonamides is 1. The molecule has 0 saturated carbocycles. The number of nitrogens with zero attached hydrogens (tertiary/aromatic N) is 1. The summed E-state index contributed by atoms with van der Waals surface area (Å²) in [5.41, 5.74) is 2.26. The van der Waals surface area contributed by atoms with Crippen molar-refractivity contribution in [2.24, 2.45) is 0 Å². The molecule has 33 heavy (non-hydrogen) atoms. The number of amides is 1. The van der Waals surface area contributed by atoms with Gasteiger partial charge < -0.3 is 14.8 Å². The van der Waals surface area contributed by atoms with Gasteiger partial charge in [-0.3, -0.25) is 4.79 Å². The fraction of sp³-hybridized carbons (Fsp3) is 0.240. The number of carbonyl (C=O) groups excluding carboxylic acids is 1. The summed E-state index contributed by atoms with van der Waals surface area (Å²) in [6.45, 7) is 3.02. The van der Waals surface area contributed by atoms with Crippen molar-refractivity contribution < 1.29 is 22.7 Å². The quantitative estimate of drug-likeness (QED) is 0.573. The molecule has 7 nitrogen and oxygen atoms in total. The van der Waals surface area contributed by atoms with Crippen LogP contribution in [0, 0.1) is 0 Å². The van der Waals surface area contributed by atoms with Gasteiger partial charge in [0.1, 0.15) is 5.75 Å². The van der Waals surface area contributed by atoms with Gasteiger partial charge in [-0.1, -0.05) is 54.6 Å². The average molecular weight is 467 g/mol. The number of rotatable bonds is 7. The summed E-state index contributed by atoms with van der Waals surface area (Å²) in [6, 6.07) is 23.6. The maximum Gasteiger partial charge on any atom is 0.265 e. The van der Waals surface area contributed by atoms with Crippen LogP contribution in [-0.4, -0.2) is 51.0 Å². The molecule has 3 aromatic rings. The van der Waals surface area contributed by atoms with Gasteiger partial charge in [0.2, 0.25) is 10.0 Å². The molecule has 0 radical (unpaired) electrons. The van der Waals surface area contributed by atoms with Gasteiger partial charge in [-0.2, -0.15) is 4.31 Å². The highest BCUT2D eigenvalue weighted by atomic mass is 32.2. The van der Waals surface area contributed by atoms with Gasteiger partial charge in [-0.05, 0) is 36.8 Å². The van der Waals surface area contributed by atoms with Crippen LogP contribution >= 0.6 is 0 Å². The van der Waals surface area contributed by atoms with Gasteiger partial charge >= 0.3 is 0 Å². The second kappa shape index (κ2) is 10.2. The molecule has 0 spiro atoms. The summed E-state index contributed by atoms with van der Waals surface area (Å²) < 4.78 is 38.4. The van der Waals surface area contributed by atoms with E-state index in [0.717, 1.165) is 11.1 Å². The van der Waals surface area contributed by atoms with E-state index in [0.29, 0.717) is 37.7 Å². The third kappa shape index (κ3) is 5.42. The summed E-state index contributed by atoms with van der Waals surface area (Å²) in [5, 5.41) is 2.77. The SMILES string of the molecule is CC(Oc1ccccc1-c1ccccc1)C(=O)Nc1cccc(S(=O)(=O)N2CCOCC2)c1. The first kappa shape index (κ1) is 23.0. The van der Waals surface area contributed by atoms with Gasteiger partial charge in [0, 0.05) is 24.3 Å². The molecule has 1 aliphatic rings. The molecule has 1 N–H and O–H groups in total. The van der Waals surface area contributed by atoms with Crippen molar-refractivity contribution in [3.63, 3.8) is 0 Å². The van der Waals surface area contributed by atoms with Crippen molar-refractivity contribution in [2.75, 3.05) is 31.6 Å². The number of ether oxygens (including phenoxy) is 2. The van der Waals surface area contributed by atoms with Crippen LogP contribution in [0.3, 0.4) is 0 Å². The number of hydrogen-bond acceptors (Lipinski definition) is 5. The Labute approximate surface area is 194 Å². The number of benzene rings is 3. The Morgan fingerprint density at radius 3 is 2.42 bits per heavy atom. The summed E-state index contributed by atoms with van der Waals surface area (Å²) in [6.07, 6.45) is -0.797. The smallest absolute Gasteiger partial charge is 0.265 e. The standard InChI is InChI=1S/C25H26N2O5S/c1-19(32-24-13-6-5-12-23(24)20-8-3-2-4-9-20)25(28)26-21-10-7-11-22(18-21)33(29,30)27-14-16-31-17-15-27/h2-13,18-19H,14-17H2,1H3,(H,26,28). The van der Waals surface area contributed by atoms with Crippen LogP contribution in [0.2, 0.25) is 0 Å². The maximum atomic E-state index is 12.9. The van der Waals surface area contributed by atoms with Crippen molar-refractivity contribution >= 4 is 21.6 Å².